The van der Waals surface area contributed by atoms with Gasteiger partial charge in [0.2, 0.25) is 0 Å². The minimum Gasteiger partial charge on any atom is -0.386 e. The van der Waals surface area contributed by atoms with E-state index in [2.05, 4.69) is 10.3 Å². The number of nitrogens with one attached hydrogen (secondary N) is 1. The number of anilines is 1. The molecule has 13 heteroatoms. The van der Waals surface area contributed by atoms with Crippen molar-refractivity contribution in [3.05, 3.63) is 94.0 Å². The van der Waals surface area contributed by atoms with E-state index >= 15 is 0 Å². The van der Waals surface area contributed by atoms with E-state index in [-0.39, 0.29) is 35.9 Å². The fraction of sp³-hybridized carbons (Fsp3) is 0.280. The molecule has 3 aromatic rings. The Kier molecular flexibility index (Phi) is 8.55. The minimum atomic E-state index is -6.24. The number of aromatic nitrogens is 1. The van der Waals surface area contributed by atoms with E-state index in [0.717, 1.165) is 12.1 Å². The van der Waals surface area contributed by atoms with Crippen molar-refractivity contribution in [2.45, 2.75) is 31.0 Å². The summed E-state index contributed by atoms with van der Waals surface area (Å²) in [4.78, 5) is 18.7. The van der Waals surface area contributed by atoms with Gasteiger partial charge in [-0.2, -0.15) is 26.3 Å². The van der Waals surface area contributed by atoms with Crippen LogP contribution in [0.25, 0.3) is 0 Å². The van der Waals surface area contributed by atoms with Gasteiger partial charge in [0.15, 0.2) is 5.69 Å². The molecule has 1 N–H and O–H groups in total. The molecule has 2 aromatic carbocycles. The van der Waals surface area contributed by atoms with Crippen LogP contribution >= 0.6 is 11.6 Å². The summed E-state index contributed by atoms with van der Waals surface area (Å²) >= 11 is 5.94. The lowest BCUT2D eigenvalue weighted by Crippen LogP contribution is -2.50. The highest BCUT2D eigenvalue weighted by molar-refractivity contribution is 6.29. The number of nitrogens with zero attached hydrogens (tertiary/aromatic N) is 2. The molecule has 4 nitrogen and oxygen atoms in total. The zero-order valence-electron chi connectivity index (χ0n) is 19.6. The highest BCUT2D eigenvalue weighted by atomic mass is 35.5. The fourth-order valence-corrected chi connectivity index (χ4v) is 3.81. The largest absolute Gasteiger partial charge is 0.435 e. The molecule has 0 unspecified atom stereocenters. The lowest BCUT2D eigenvalue weighted by atomic mass is 9.93. The third kappa shape index (κ3) is 6.17. The van der Waals surface area contributed by atoms with Gasteiger partial charge in [0, 0.05) is 25.7 Å². The Morgan fingerprint density at radius 3 is 1.95 bits per heavy atom. The Morgan fingerprint density at radius 1 is 0.868 bits per heavy atom. The molecule has 1 heterocycles. The number of hydrogen-bond donors (Lipinski definition) is 1. The first-order chi connectivity index (χ1) is 17.7. The summed E-state index contributed by atoms with van der Waals surface area (Å²) in [6, 6.07) is 10.9. The Bertz CT molecular complexity index is 1250. The maximum Gasteiger partial charge on any atom is 0.435 e. The first-order valence-electron chi connectivity index (χ1n) is 11.0. The van der Waals surface area contributed by atoms with Gasteiger partial charge in [-0.1, -0.05) is 48.0 Å². The number of carbonyl (C=O) groups excluding carboxylic acids is 1. The Labute approximate surface area is 217 Å². The Hall–Kier alpha value is -3.41. The van der Waals surface area contributed by atoms with Gasteiger partial charge >= 0.3 is 18.0 Å². The van der Waals surface area contributed by atoms with Crippen molar-refractivity contribution in [2.75, 3.05) is 18.9 Å². The van der Waals surface area contributed by atoms with Crippen molar-refractivity contribution in [1.82, 2.24) is 9.88 Å². The third-order valence-electron chi connectivity index (χ3n) is 5.71. The van der Waals surface area contributed by atoms with Crippen LogP contribution in [-0.2, 0) is 18.6 Å². The van der Waals surface area contributed by atoms with Crippen molar-refractivity contribution in [2.24, 2.45) is 0 Å². The molecule has 0 radical (unpaired) electrons. The number of hydrogen-bond acceptors (Lipinski definition) is 3. The topological polar surface area (TPSA) is 45.2 Å². The van der Waals surface area contributed by atoms with Crippen molar-refractivity contribution in [3.63, 3.8) is 0 Å². The Morgan fingerprint density at radius 2 is 1.42 bits per heavy atom. The average Bonchev–Trinajstić information content (AvgIpc) is 2.85. The molecule has 0 bridgehead atoms. The van der Waals surface area contributed by atoms with Crippen molar-refractivity contribution in [1.29, 1.82) is 0 Å². The highest BCUT2D eigenvalue weighted by Gasteiger charge is 2.73. The van der Waals surface area contributed by atoms with Gasteiger partial charge in [-0.3, -0.25) is 4.79 Å². The van der Waals surface area contributed by atoms with Crippen LogP contribution in [0, 0.1) is 5.82 Å². The molecule has 204 valence electrons. The lowest BCUT2D eigenvalue weighted by Gasteiger charge is -2.30. The number of alkyl halides is 7. The first-order valence-corrected chi connectivity index (χ1v) is 11.3. The molecule has 1 aromatic heterocycles. The predicted molar refractivity (Wildman–Crippen MR) is 125 cm³/mol. The van der Waals surface area contributed by atoms with E-state index in [4.69, 9.17) is 11.6 Å². The van der Waals surface area contributed by atoms with Gasteiger partial charge in [-0.25, -0.2) is 13.8 Å². The summed E-state index contributed by atoms with van der Waals surface area (Å²) < 4.78 is 106. The summed E-state index contributed by atoms with van der Waals surface area (Å²) in [5.74, 6) is -1.11. The number of halogens is 9. The smallest absolute Gasteiger partial charge is 0.386 e. The quantitative estimate of drug-likeness (QED) is 0.234. The van der Waals surface area contributed by atoms with Crippen molar-refractivity contribution >= 4 is 23.2 Å². The summed E-state index contributed by atoms with van der Waals surface area (Å²) in [6.07, 6.45) is -12.3. The summed E-state index contributed by atoms with van der Waals surface area (Å²) in [7, 11) is 1.54. The molecule has 0 saturated heterocycles. The summed E-state index contributed by atoms with van der Waals surface area (Å²) in [6.45, 7) is -0.253. The van der Waals surface area contributed by atoms with Crippen molar-refractivity contribution in [3.8, 4) is 0 Å². The van der Waals surface area contributed by atoms with Gasteiger partial charge in [0.1, 0.15) is 11.0 Å². The normalized spacial score (nSPS) is 12.4. The van der Waals surface area contributed by atoms with Crippen LogP contribution in [0.5, 0.6) is 0 Å². The molecule has 3 rings (SSSR count). The molecule has 0 aliphatic heterocycles. The first kappa shape index (κ1) is 29.2. The molecule has 0 aliphatic carbocycles. The number of pyridine rings is 1. The maximum absolute atomic E-state index is 14.4. The number of rotatable bonds is 8. The maximum atomic E-state index is 14.4. The van der Waals surface area contributed by atoms with Crippen molar-refractivity contribution < 1.29 is 39.9 Å². The zero-order chi connectivity index (χ0) is 28.3. The van der Waals surface area contributed by atoms with Crippen LogP contribution in [0.3, 0.4) is 0 Å². The van der Waals surface area contributed by atoms with E-state index in [1.807, 2.05) is 0 Å². The molecule has 0 aliphatic rings. The lowest BCUT2D eigenvalue weighted by molar-refractivity contribution is -0.348. The van der Waals surface area contributed by atoms with Crippen LogP contribution in [0.15, 0.2) is 60.7 Å². The second-order valence-corrected chi connectivity index (χ2v) is 8.62. The molecular formula is C25H20ClF8N3O. The van der Waals surface area contributed by atoms with E-state index in [9.17, 15) is 39.9 Å². The monoisotopic (exact) mass is 565 g/mol. The third-order valence-corrected chi connectivity index (χ3v) is 5.92. The highest BCUT2D eigenvalue weighted by Crippen LogP contribution is 2.53. The number of benzene rings is 2. The standard InChI is InChI=1S/C25H20ClF8N3O/c1-35-19-10-11-20(26)36-21(19)22(38)37(13-12-15-4-8-18(27)9-5-15)14-16-2-6-17(7-3-16)23(28,24(29,30)31)25(32,33)34/h2-11,35H,12-14H2,1H3. The van der Waals surface area contributed by atoms with Crippen LogP contribution < -0.4 is 5.32 Å². The minimum absolute atomic E-state index is 0.00812. The fourth-order valence-electron chi connectivity index (χ4n) is 3.67. The predicted octanol–water partition coefficient (Wildman–Crippen LogP) is 7.09. The van der Waals surface area contributed by atoms with Gasteiger partial charge in [0.25, 0.3) is 5.91 Å². The molecule has 0 fully saturated rings. The van der Waals surface area contributed by atoms with Crippen LogP contribution in [0.1, 0.15) is 27.2 Å². The zero-order valence-corrected chi connectivity index (χ0v) is 20.4. The van der Waals surface area contributed by atoms with Gasteiger partial charge < -0.3 is 10.2 Å². The molecule has 0 spiro atoms. The SMILES string of the molecule is CNc1ccc(Cl)nc1C(=O)N(CCc1ccc(F)cc1)Cc1ccc(C(F)(C(F)(F)F)C(F)(F)F)cc1. The van der Waals surface area contributed by atoms with E-state index in [0.29, 0.717) is 23.4 Å². The van der Waals surface area contributed by atoms with Crippen LogP contribution in [0.2, 0.25) is 5.15 Å². The molecule has 38 heavy (non-hydrogen) atoms. The summed E-state index contributed by atoms with van der Waals surface area (Å²) in [5, 5.41) is 2.80. The van der Waals surface area contributed by atoms with Gasteiger partial charge in [-0.15, -0.1) is 0 Å². The van der Waals surface area contributed by atoms with Gasteiger partial charge in [-0.05, 0) is 41.8 Å². The second kappa shape index (κ2) is 11.1. The van der Waals surface area contributed by atoms with E-state index in [1.54, 1.807) is 0 Å². The molecular weight excluding hydrogens is 546 g/mol. The summed E-state index contributed by atoms with van der Waals surface area (Å²) in [5.41, 5.74) is -6.18. The second-order valence-electron chi connectivity index (χ2n) is 8.23. The van der Waals surface area contributed by atoms with E-state index in [1.165, 1.54) is 48.3 Å². The molecule has 0 saturated carbocycles. The molecule has 0 atom stereocenters. The Balaban J connectivity index is 1.94. The van der Waals surface area contributed by atoms with Gasteiger partial charge in [0.05, 0.1) is 5.69 Å². The average molecular weight is 566 g/mol. The van der Waals surface area contributed by atoms with E-state index < -0.39 is 35.3 Å². The van der Waals surface area contributed by atoms with Crippen LogP contribution in [-0.4, -0.2) is 41.7 Å². The van der Waals surface area contributed by atoms with Crippen LogP contribution in [0.4, 0.5) is 40.8 Å². The number of carbonyl (C=O) groups is 1. The number of amides is 1. The molecule has 1 amide bonds.